The Kier molecular flexibility index (Phi) is 14.2. The molecule has 3 rings (SSSR count). The molecule has 0 saturated carbocycles. The number of halogens is 5. The molecule has 0 aliphatic heterocycles. The van der Waals surface area contributed by atoms with E-state index in [0.29, 0.717) is 4.68 Å². The van der Waals surface area contributed by atoms with Crippen LogP contribution in [0, 0.1) is 20.6 Å². The lowest BCUT2D eigenvalue weighted by molar-refractivity contribution is -0.131. The predicted octanol–water partition coefficient (Wildman–Crippen LogP) is 5.93. The second-order valence-electron chi connectivity index (χ2n) is 13.8. The molecule has 51 heavy (non-hydrogen) atoms. The van der Waals surface area contributed by atoms with Gasteiger partial charge in [0.05, 0.1) is 24.9 Å². The Morgan fingerprint density at radius 1 is 0.980 bits per heavy atom. The molecule has 0 spiro atoms. The lowest BCUT2D eigenvalue weighted by Crippen LogP contribution is -2.59. The molecule has 4 N–H and O–H groups in total. The lowest BCUT2D eigenvalue weighted by Gasteiger charge is -2.34. The molecule has 0 unspecified atom stereocenters. The molecule has 280 valence electrons. The van der Waals surface area contributed by atoms with Gasteiger partial charge in [0.25, 0.3) is 5.91 Å². The number of aliphatic hydroxyl groups is 1. The standard InChI is InChI=1S/C34H43F4IN6O6/c1-33(2,3)28(41-31(48)50-7)29(47)43-44(17-22-23(35)15-20(16-24(22)36)25-12-13-45(42-25)30(37)38)18-27(46)26(40-32(49)51-34(4,5)6)14-19-8-10-21(39)11-9-19/h8-13,15-16,26-28,30,46H,14,17-18H2,1-7H3,(H,40,49)(H,41,48)(H,43,47)/t26-,27-,28+/m0/s1. The summed E-state index contributed by atoms with van der Waals surface area (Å²) in [5, 5.41) is 21.4. The van der Waals surface area contributed by atoms with Crippen molar-refractivity contribution >= 4 is 40.7 Å². The van der Waals surface area contributed by atoms with Crippen LogP contribution < -0.4 is 16.1 Å². The molecule has 12 nitrogen and oxygen atoms in total. The molecule has 0 aliphatic carbocycles. The summed E-state index contributed by atoms with van der Waals surface area (Å²) in [6.45, 7) is 5.92. The number of carbonyl (C=O) groups excluding carboxylic acids is 3. The maximum absolute atomic E-state index is 15.6. The van der Waals surface area contributed by atoms with Gasteiger partial charge in [0.1, 0.15) is 23.3 Å². The SMILES string of the molecule is COC(=O)N[C@H](C(=O)NN(Cc1c(F)cc(-c2ccn(C(F)F)n2)cc1F)C[C@H](O)[C@H](Cc1ccc(I)cc1)NC(=O)OC(C)(C)C)C(C)(C)C. The molecular formula is C34H43F4IN6O6. The van der Waals surface area contributed by atoms with E-state index in [-0.39, 0.29) is 17.7 Å². The zero-order valence-corrected chi connectivity index (χ0v) is 31.4. The molecule has 0 saturated heterocycles. The first-order valence-corrected chi connectivity index (χ1v) is 16.9. The molecule has 1 heterocycles. The van der Waals surface area contributed by atoms with Crippen molar-refractivity contribution in [2.24, 2.45) is 5.41 Å². The van der Waals surface area contributed by atoms with Crippen molar-refractivity contribution in [3.8, 4) is 11.3 Å². The molecule has 2 aromatic carbocycles. The Hall–Kier alpha value is -3.97. The number of alkyl halides is 2. The van der Waals surface area contributed by atoms with Gasteiger partial charge in [-0.05, 0) is 91.1 Å². The number of methoxy groups -OCH3 is 1. The number of hydrazine groups is 1. The predicted molar refractivity (Wildman–Crippen MR) is 188 cm³/mol. The van der Waals surface area contributed by atoms with Crippen LogP contribution in [-0.2, 0) is 27.2 Å². The van der Waals surface area contributed by atoms with E-state index >= 15 is 8.78 Å². The van der Waals surface area contributed by atoms with Crippen LogP contribution >= 0.6 is 22.6 Å². The highest BCUT2D eigenvalue weighted by Crippen LogP contribution is 2.26. The van der Waals surface area contributed by atoms with Crippen LogP contribution in [0.2, 0.25) is 0 Å². The number of aromatic nitrogens is 2. The van der Waals surface area contributed by atoms with Gasteiger partial charge in [0.15, 0.2) is 0 Å². The maximum atomic E-state index is 15.6. The highest BCUT2D eigenvalue weighted by molar-refractivity contribution is 14.1. The number of hydrogen-bond acceptors (Lipinski definition) is 8. The van der Waals surface area contributed by atoms with Gasteiger partial charge >= 0.3 is 18.7 Å². The number of ether oxygens (including phenoxy) is 2. The van der Waals surface area contributed by atoms with Gasteiger partial charge in [-0.25, -0.2) is 28.1 Å². The third-order valence-electron chi connectivity index (χ3n) is 7.38. The van der Waals surface area contributed by atoms with Crippen molar-refractivity contribution in [3.63, 3.8) is 0 Å². The topological polar surface area (TPSA) is 147 Å². The Balaban J connectivity index is 2.00. The summed E-state index contributed by atoms with van der Waals surface area (Å²) in [6, 6.07) is 8.06. The largest absolute Gasteiger partial charge is 0.453 e. The molecule has 3 atom stereocenters. The number of nitrogens with one attached hydrogen (secondary N) is 3. The number of aliphatic hydroxyl groups excluding tert-OH is 1. The molecule has 0 aliphatic rings. The number of hydrogen-bond donors (Lipinski definition) is 4. The van der Waals surface area contributed by atoms with Gasteiger partial charge in [-0.2, -0.15) is 13.9 Å². The third kappa shape index (κ3) is 12.6. The lowest BCUT2D eigenvalue weighted by atomic mass is 9.86. The Labute approximate surface area is 307 Å². The van der Waals surface area contributed by atoms with Gasteiger partial charge in [-0.15, -0.1) is 0 Å². The number of nitrogens with zero attached hydrogens (tertiary/aromatic N) is 3. The monoisotopic (exact) mass is 834 g/mol. The van der Waals surface area contributed by atoms with Crippen LogP contribution in [0.3, 0.4) is 0 Å². The first kappa shape index (κ1) is 41.5. The first-order chi connectivity index (χ1) is 23.7. The summed E-state index contributed by atoms with van der Waals surface area (Å²) >= 11 is 2.13. The molecule has 0 radical (unpaired) electrons. The number of carbonyl (C=O) groups is 3. The highest BCUT2D eigenvalue weighted by atomic mass is 127. The summed E-state index contributed by atoms with van der Waals surface area (Å²) in [7, 11) is 1.12. The highest BCUT2D eigenvalue weighted by Gasteiger charge is 2.35. The number of alkyl carbamates (subject to hydrolysis) is 2. The van der Waals surface area contributed by atoms with E-state index in [0.717, 1.165) is 39.6 Å². The van der Waals surface area contributed by atoms with Gasteiger partial charge in [0, 0.05) is 34.0 Å². The average molecular weight is 835 g/mol. The molecule has 0 bridgehead atoms. The number of rotatable bonds is 13. The fourth-order valence-corrected chi connectivity index (χ4v) is 5.24. The van der Waals surface area contributed by atoms with Crippen molar-refractivity contribution in [2.45, 2.75) is 84.8 Å². The van der Waals surface area contributed by atoms with E-state index in [1.54, 1.807) is 53.7 Å². The minimum absolute atomic E-state index is 0.103. The van der Waals surface area contributed by atoms with Crippen molar-refractivity contribution < 1.29 is 46.5 Å². The van der Waals surface area contributed by atoms with Crippen molar-refractivity contribution in [1.82, 2.24) is 30.8 Å². The van der Waals surface area contributed by atoms with Gasteiger partial charge < -0.3 is 25.2 Å². The zero-order chi connectivity index (χ0) is 38.3. The van der Waals surface area contributed by atoms with E-state index in [1.165, 1.54) is 6.07 Å². The summed E-state index contributed by atoms with van der Waals surface area (Å²) < 4.78 is 68.7. The molecule has 3 aromatic rings. The smallest absolute Gasteiger partial charge is 0.407 e. The summed E-state index contributed by atoms with van der Waals surface area (Å²) in [6.07, 6.45) is -2.13. The van der Waals surface area contributed by atoms with Crippen molar-refractivity contribution in [3.05, 3.63) is 75.0 Å². The van der Waals surface area contributed by atoms with Crippen LogP contribution in [0.15, 0.2) is 48.7 Å². The van der Waals surface area contributed by atoms with Crippen LogP contribution in [0.25, 0.3) is 11.3 Å². The van der Waals surface area contributed by atoms with E-state index < -0.39 is 84.1 Å². The third-order valence-corrected chi connectivity index (χ3v) is 8.10. The van der Waals surface area contributed by atoms with Crippen LogP contribution in [0.1, 0.15) is 59.2 Å². The quantitative estimate of drug-likeness (QED) is 0.0943. The fourth-order valence-electron chi connectivity index (χ4n) is 4.89. The van der Waals surface area contributed by atoms with Gasteiger partial charge in [0.2, 0.25) is 0 Å². The molecule has 0 fully saturated rings. The van der Waals surface area contributed by atoms with E-state index in [9.17, 15) is 28.3 Å². The number of amides is 3. The fraction of sp³-hybridized carbons (Fsp3) is 0.471. The molecule has 1 aromatic heterocycles. The number of benzene rings is 2. The average Bonchev–Trinajstić information content (AvgIpc) is 3.51. The Bertz CT molecular complexity index is 1640. The van der Waals surface area contributed by atoms with Gasteiger partial charge in [-0.1, -0.05) is 32.9 Å². The van der Waals surface area contributed by atoms with Crippen molar-refractivity contribution in [2.75, 3.05) is 13.7 Å². The molecule has 3 amide bonds. The van der Waals surface area contributed by atoms with E-state index in [1.807, 2.05) is 12.1 Å². The zero-order valence-electron chi connectivity index (χ0n) is 29.3. The normalized spacial score (nSPS) is 13.8. The summed E-state index contributed by atoms with van der Waals surface area (Å²) in [5.74, 6) is -2.98. The van der Waals surface area contributed by atoms with E-state index in [2.05, 4.69) is 48.5 Å². The van der Waals surface area contributed by atoms with Crippen LogP contribution in [0.5, 0.6) is 0 Å². The van der Waals surface area contributed by atoms with E-state index in [4.69, 9.17) is 4.74 Å². The maximum Gasteiger partial charge on any atom is 0.407 e. The first-order valence-electron chi connectivity index (χ1n) is 15.8. The Morgan fingerprint density at radius 2 is 1.59 bits per heavy atom. The Morgan fingerprint density at radius 3 is 2.10 bits per heavy atom. The molecule has 17 heteroatoms. The minimum Gasteiger partial charge on any atom is -0.453 e. The summed E-state index contributed by atoms with van der Waals surface area (Å²) in [4.78, 5) is 38.6. The summed E-state index contributed by atoms with van der Waals surface area (Å²) in [5.41, 5.74) is 0.791. The second-order valence-corrected chi connectivity index (χ2v) is 15.1. The van der Waals surface area contributed by atoms with Crippen LogP contribution in [-0.4, -0.2) is 75.4 Å². The van der Waals surface area contributed by atoms with Crippen LogP contribution in [0.4, 0.5) is 27.2 Å². The molecular weight excluding hydrogens is 791 g/mol. The second kappa shape index (κ2) is 17.5. The minimum atomic E-state index is -2.96. The van der Waals surface area contributed by atoms with Gasteiger partial charge in [-0.3, -0.25) is 10.2 Å². The van der Waals surface area contributed by atoms with Crippen molar-refractivity contribution in [1.29, 1.82) is 0 Å².